The Hall–Kier alpha value is -2.04. The Morgan fingerprint density at radius 2 is 2.00 bits per heavy atom. The van der Waals surface area contributed by atoms with E-state index >= 15 is 0 Å². The maximum atomic E-state index is 8.32. The molecule has 23 heavy (non-hydrogen) atoms. The molecule has 5 heteroatoms. The fraction of sp³-hybridized carbons (Fsp3) is 0.278. The molecule has 0 atom stereocenters. The van der Waals surface area contributed by atoms with Gasteiger partial charge in [0.05, 0.1) is 11.4 Å². The summed E-state index contributed by atoms with van der Waals surface area (Å²) in [5.41, 5.74) is 2.59. The second kappa shape index (κ2) is 5.87. The number of para-hydroxylation sites is 1. The first-order valence-electron chi connectivity index (χ1n) is 10.7. The Morgan fingerprint density at radius 3 is 2.83 bits per heavy atom. The van der Waals surface area contributed by atoms with E-state index in [1.807, 2.05) is 12.1 Å². The van der Waals surface area contributed by atoms with Crippen molar-refractivity contribution >= 4 is 34.5 Å². The van der Waals surface area contributed by atoms with Crippen molar-refractivity contribution in [1.29, 1.82) is 0 Å². The summed E-state index contributed by atoms with van der Waals surface area (Å²) in [4.78, 5) is 6.47. The lowest BCUT2D eigenvalue weighted by molar-refractivity contribution is 0.216. The van der Waals surface area contributed by atoms with E-state index in [0.717, 1.165) is 5.69 Å². The van der Waals surface area contributed by atoms with Crippen molar-refractivity contribution < 1.29 is 9.60 Å². The summed E-state index contributed by atoms with van der Waals surface area (Å²) in [6.45, 7) is -8.57. The maximum absolute atomic E-state index is 8.32. The number of nitrogens with one attached hydrogen (secondary N) is 1. The Kier molecular flexibility index (Phi) is 2.22. The first-order chi connectivity index (χ1) is 13.9. The molecule has 0 radical (unpaired) electrons. The standard InChI is InChI=1S/C18H19ClN4/c1-22-8-10-23(11-9-22)18-14-4-2-3-5-15(14)20-16-7-6-13(19)12-17(16)21-18/h2-7,12,20H,8-11H2,1H3/i1D3,8D2,9D2. The second-order valence-corrected chi connectivity index (χ2v) is 5.71. The molecule has 2 heterocycles. The van der Waals surface area contributed by atoms with Crippen LogP contribution in [0.4, 0.5) is 17.1 Å². The van der Waals surface area contributed by atoms with Crippen LogP contribution in [-0.2, 0) is 0 Å². The van der Waals surface area contributed by atoms with Gasteiger partial charge in [0.2, 0.25) is 0 Å². The lowest BCUT2D eigenvalue weighted by atomic mass is 10.1. The predicted octanol–water partition coefficient (Wildman–Crippen LogP) is 3.72. The van der Waals surface area contributed by atoms with Crippen molar-refractivity contribution in [2.45, 2.75) is 0 Å². The third-order valence-electron chi connectivity index (χ3n) is 3.76. The van der Waals surface area contributed by atoms with Gasteiger partial charge in [0, 0.05) is 52.0 Å². The molecule has 0 unspecified atom stereocenters. The van der Waals surface area contributed by atoms with E-state index in [1.54, 1.807) is 30.3 Å². The van der Waals surface area contributed by atoms with Crippen molar-refractivity contribution in [3.05, 3.63) is 53.1 Å². The van der Waals surface area contributed by atoms with Crippen molar-refractivity contribution in [1.82, 2.24) is 9.80 Å². The highest BCUT2D eigenvalue weighted by Gasteiger charge is 2.23. The van der Waals surface area contributed by atoms with Gasteiger partial charge in [0.25, 0.3) is 0 Å². The summed E-state index contributed by atoms with van der Waals surface area (Å²) in [6, 6.07) is 12.5. The molecule has 0 aliphatic carbocycles. The molecule has 0 saturated carbocycles. The number of fused-ring (bicyclic) bond motifs is 2. The van der Waals surface area contributed by atoms with Gasteiger partial charge in [-0.3, -0.25) is 0 Å². The summed E-state index contributed by atoms with van der Waals surface area (Å²) in [6.07, 6.45) is 0. The van der Waals surface area contributed by atoms with Crippen LogP contribution in [0, 0.1) is 0 Å². The number of piperazine rings is 1. The van der Waals surface area contributed by atoms with Crippen LogP contribution >= 0.6 is 11.6 Å². The molecular formula is C18H19ClN4. The van der Waals surface area contributed by atoms with Gasteiger partial charge in [-0.1, -0.05) is 23.7 Å². The van der Waals surface area contributed by atoms with Crippen molar-refractivity contribution in [3.8, 4) is 0 Å². The third-order valence-corrected chi connectivity index (χ3v) is 4.00. The van der Waals surface area contributed by atoms with Gasteiger partial charge in [-0.15, -0.1) is 0 Å². The van der Waals surface area contributed by atoms with E-state index < -0.39 is 20.0 Å². The number of rotatable bonds is 0. The summed E-state index contributed by atoms with van der Waals surface area (Å²) in [7, 11) is 0. The Labute approximate surface area is 151 Å². The van der Waals surface area contributed by atoms with Crippen LogP contribution in [0.1, 0.15) is 15.2 Å². The van der Waals surface area contributed by atoms with E-state index in [9.17, 15) is 0 Å². The molecule has 2 aliphatic heterocycles. The molecule has 2 aliphatic rings. The quantitative estimate of drug-likeness (QED) is 0.797. The fourth-order valence-electron chi connectivity index (χ4n) is 2.62. The zero-order chi connectivity index (χ0) is 21.9. The van der Waals surface area contributed by atoms with E-state index in [4.69, 9.17) is 21.2 Å². The maximum Gasteiger partial charge on any atom is 0.138 e. The van der Waals surface area contributed by atoms with Crippen LogP contribution in [-0.4, -0.2) is 48.7 Å². The largest absolute Gasteiger partial charge is 0.353 e. The first-order valence-corrected chi connectivity index (χ1v) is 7.56. The van der Waals surface area contributed by atoms with Crippen molar-refractivity contribution in [2.24, 2.45) is 4.99 Å². The molecule has 4 nitrogen and oxygen atoms in total. The van der Waals surface area contributed by atoms with E-state index in [2.05, 4.69) is 10.3 Å². The molecule has 1 fully saturated rings. The smallest absolute Gasteiger partial charge is 0.138 e. The van der Waals surface area contributed by atoms with E-state index in [0.29, 0.717) is 32.7 Å². The van der Waals surface area contributed by atoms with Gasteiger partial charge >= 0.3 is 0 Å². The summed E-state index contributed by atoms with van der Waals surface area (Å²) in [5.74, 6) is 0.344. The summed E-state index contributed by atoms with van der Waals surface area (Å²) >= 11 is 6.13. The number of halogens is 1. The highest BCUT2D eigenvalue weighted by Crippen LogP contribution is 2.36. The lowest BCUT2D eigenvalue weighted by Gasteiger charge is -2.34. The minimum absolute atomic E-state index is 0.329. The van der Waals surface area contributed by atoms with Gasteiger partial charge in [0.1, 0.15) is 5.84 Å². The Morgan fingerprint density at radius 1 is 1.17 bits per heavy atom. The van der Waals surface area contributed by atoms with Gasteiger partial charge in [-0.2, -0.15) is 0 Å². The number of likely N-dealkylation sites (N-methyl/N-ethyl adjacent to an activating group) is 1. The zero-order valence-electron chi connectivity index (χ0n) is 19.2. The van der Waals surface area contributed by atoms with Crippen LogP contribution in [0.15, 0.2) is 47.5 Å². The molecule has 2 aromatic carbocycles. The average Bonchev–Trinajstić information content (AvgIpc) is 2.74. The number of hydrogen-bond acceptors (Lipinski definition) is 4. The van der Waals surface area contributed by atoms with Crippen LogP contribution < -0.4 is 5.32 Å². The number of hydrogen-bond donors (Lipinski definition) is 1. The Balaban J connectivity index is 1.85. The van der Waals surface area contributed by atoms with Crippen LogP contribution in [0.25, 0.3) is 0 Å². The second-order valence-electron chi connectivity index (χ2n) is 5.28. The average molecular weight is 334 g/mol. The monoisotopic (exact) mass is 333 g/mol. The summed E-state index contributed by atoms with van der Waals surface area (Å²) in [5, 5.41) is 3.76. The molecule has 0 bridgehead atoms. The van der Waals surface area contributed by atoms with E-state index in [1.165, 1.54) is 4.90 Å². The van der Waals surface area contributed by atoms with E-state index in [-0.39, 0.29) is 13.1 Å². The molecule has 0 aromatic heterocycles. The highest BCUT2D eigenvalue weighted by atomic mass is 35.5. The minimum atomic E-state index is -2.93. The number of aliphatic imine (C=N–C) groups is 1. The fourth-order valence-corrected chi connectivity index (χ4v) is 2.79. The summed E-state index contributed by atoms with van der Waals surface area (Å²) < 4.78 is 56.2. The molecule has 1 N–H and O–H groups in total. The van der Waals surface area contributed by atoms with Crippen molar-refractivity contribution in [3.63, 3.8) is 0 Å². The minimum Gasteiger partial charge on any atom is -0.353 e. The molecule has 118 valence electrons. The first kappa shape index (κ1) is 8.71. The Bertz CT molecular complexity index is 1000. The predicted molar refractivity (Wildman–Crippen MR) is 96.4 cm³/mol. The molecular weight excluding hydrogens is 308 g/mol. The lowest BCUT2D eigenvalue weighted by Crippen LogP contribution is -2.47. The highest BCUT2D eigenvalue weighted by molar-refractivity contribution is 6.31. The topological polar surface area (TPSA) is 30.9 Å². The number of nitrogens with zero attached hydrogens (tertiary/aromatic N) is 3. The number of anilines is 2. The molecule has 2 aromatic rings. The van der Waals surface area contributed by atoms with Gasteiger partial charge in [0.15, 0.2) is 0 Å². The molecule has 1 saturated heterocycles. The molecule has 4 rings (SSSR count). The van der Waals surface area contributed by atoms with Crippen LogP contribution in [0.3, 0.4) is 0 Å². The van der Waals surface area contributed by atoms with Gasteiger partial charge in [-0.05, 0) is 37.3 Å². The normalized spacial score (nSPS) is 27.1. The third kappa shape index (κ3) is 2.80. The molecule has 0 spiro atoms. The molecule has 0 amide bonds. The zero-order valence-corrected chi connectivity index (χ0v) is 12.9. The number of amidine groups is 1. The SMILES string of the molecule is [2H]C([2H])([2H])N1C([2H])([2H])CN(C2=Nc3cc(Cl)ccc3Nc3ccccc32)CC1([2H])[2H]. The van der Waals surface area contributed by atoms with Gasteiger partial charge in [-0.25, -0.2) is 4.99 Å². The van der Waals surface area contributed by atoms with Crippen LogP contribution in [0.5, 0.6) is 0 Å². The van der Waals surface area contributed by atoms with Crippen molar-refractivity contribution in [2.75, 3.05) is 38.4 Å². The van der Waals surface area contributed by atoms with Crippen LogP contribution in [0.2, 0.25) is 5.02 Å². The van der Waals surface area contributed by atoms with Gasteiger partial charge < -0.3 is 15.1 Å². The number of benzene rings is 2.